The van der Waals surface area contributed by atoms with Gasteiger partial charge in [0.15, 0.2) is 0 Å². The first-order valence-electron chi connectivity index (χ1n) is 7.14. The largest absolute Gasteiger partial charge is 0.401 e. The molecule has 1 aromatic rings. The molecular weight excluding hydrogens is 438 g/mol. The molecule has 0 aromatic carbocycles. The lowest BCUT2D eigenvalue weighted by Gasteiger charge is -2.48. The SMILES string of the molecule is NC(=S)C1CC2C=CC(c3cncc(I)c3)(C1)N2CC(F)(F)F. The number of halogens is 4. The topological polar surface area (TPSA) is 42.1 Å². The van der Waals surface area contributed by atoms with E-state index in [0.717, 1.165) is 9.13 Å². The van der Waals surface area contributed by atoms with Gasteiger partial charge < -0.3 is 5.73 Å². The van der Waals surface area contributed by atoms with E-state index in [1.807, 2.05) is 18.2 Å². The minimum absolute atomic E-state index is 0.0765. The Morgan fingerprint density at radius 3 is 2.83 bits per heavy atom. The van der Waals surface area contributed by atoms with Crippen LogP contribution in [-0.2, 0) is 5.54 Å². The number of fused-ring (bicyclic) bond motifs is 2. The van der Waals surface area contributed by atoms with Gasteiger partial charge >= 0.3 is 6.18 Å². The van der Waals surface area contributed by atoms with Crippen molar-refractivity contribution in [1.29, 1.82) is 0 Å². The number of aromatic nitrogens is 1. The Morgan fingerprint density at radius 2 is 2.22 bits per heavy atom. The van der Waals surface area contributed by atoms with Crippen LogP contribution < -0.4 is 5.73 Å². The molecule has 1 fully saturated rings. The molecule has 0 amide bonds. The summed E-state index contributed by atoms with van der Waals surface area (Å²) < 4.78 is 40.2. The molecule has 3 unspecified atom stereocenters. The summed E-state index contributed by atoms with van der Waals surface area (Å²) in [4.78, 5) is 6.04. The summed E-state index contributed by atoms with van der Waals surface area (Å²) in [6.45, 7) is -0.958. The van der Waals surface area contributed by atoms with Crippen molar-refractivity contribution in [3.63, 3.8) is 0 Å². The van der Waals surface area contributed by atoms with E-state index in [9.17, 15) is 13.2 Å². The van der Waals surface area contributed by atoms with Gasteiger partial charge in [-0.25, -0.2) is 0 Å². The van der Waals surface area contributed by atoms with E-state index >= 15 is 0 Å². The highest BCUT2D eigenvalue weighted by molar-refractivity contribution is 14.1. The highest BCUT2D eigenvalue weighted by atomic mass is 127. The van der Waals surface area contributed by atoms with Gasteiger partial charge in [0.2, 0.25) is 0 Å². The van der Waals surface area contributed by atoms with Gasteiger partial charge in [0, 0.05) is 27.9 Å². The Bertz CT molecular complexity index is 664. The molecule has 8 heteroatoms. The maximum absolute atomic E-state index is 13.1. The molecule has 1 saturated heterocycles. The summed E-state index contributed by atoms with van der Waals surface area (Å²) in [7, 11) is 0. The number of alkyl halides is 3. The second kappa shape index (κ2) is 5.96. The van der Waals surface area contributed by atoms with Crippen LogP contribution in [0.5, 0.6) is 0 Å². The second-order valence-electron chi connectivity index (χ2n) is 6.02. The zero-order chi connectivity index (χ0) is 16.8. The molecule has 2 N–H and O–H groups in total. The predicted octanol–water partition coefficient (Wildman–Crippen LogP) is 3.38. The molecule has 3 nitrogen and oxygen atoms in total. The van der Waals surface area contributed by atoms with Crippen LogP contribution in [0, 0.1) is 9.49 Å². The van der Waals surface area contributed by atoms with E-state index in [-0.39, 0.29) is 12.0 Å². The molecule has 2 aliphatic rings. The summed E-state index contributed by atoms with van der Waals surface area (Å²) >= 11 is 7.23. The lowest BCUT2D eigenvalue weighted by molar-refractivity contribution is -0.164. The van der Waals surface area contributed by atoms with Crippen molar-refractivity contribution in [1.82, 2.24) is 9.88 Å². The van der Waals surface area contributed by atoms with Gasteiger partial charge in [0.05, 0.1) is 17.1 Å². The predicted molar refractivity (Wildman–Crippen MR) is 93.8 cm³/mol. The van der Waals surface area contributed by atoms with E-state index in [0.29, 0.717) is 17.8 Å². The molecule has 1 aromatic heterocycles. The number of hydrogen-bond donors (Lipinski definition) is 1. The average molecular weight is 453 g/mol. The monoisotopic (exact) mass is 453 g/mol. The number of rotatable bonds is 3. The Kier molecular flexibility index (Phi) is 4.43. The number of nitrogens with two attached hydrogens (primary N) is 1. The van der Waals surface area contributed by atoms with E-state index in [4.69, 9.17) is 18.0 Å². The van der Waals surface area contributed by atoms with Gasteiger partial charge in [-0.1, -0.05) is 24.4 Å². The minimum Gasteiger partial charge on any atom is -0.393 e. The minimum atomic E-state index is -4.26. The molecule has 3 rings (SSSR count). The highest BCUT2D eigenvalue weighted by Gasteiger charge is 2.53. The third-order valence-electron chi connectivity index (χ3n) is 4.55. The maximum Gasteiger partial charge on any atom is 0.401 e. The third kappa shape index (κ3) is 3.25. The molecule has 0 spiro atoms. The summed E-state index contributed by atoms with van der Waals surface area (Å²) in [5, 5.41) is 0. The van der Waals surface area contributed by atoms with Crippen LogP contribution in [0.15, 0.2) is 30.6 Å². The van der Waals surface area contributed by atoms with Crippen LogP contribution in [-0.4, -0.2) is 33.6 Å². The van der Waals surface area contributed by atoms with Crippen LogP contribution in [0.25, 0.3) is 0 Å². The molecule has 124 valence electrons. The Hall–Kier alpha value is -0.740. The molecule has 23 heavy (non-hydrogen) atoms. The first-order valence-corrected chi connectivity index (χ1v) is 8.63. The van der Waals surface area contributed by atoms with Crippen LogP contribution in [0.4, 0.5) is 13.2 Å². The maximum atomic E-state index is 13.1. The number of pyridine rings is 1. The van der Waals surface area contributed by atoms with Crippen molar-refractivity contribution < 1.29 is 13.2 Å². The Morgan fingerprint density at radius 1 is 1.48 bits per heavy atom. The van der Waals surface area contributed by atoms with Gasteiger partial charge in [0.25, 0.3) is 0 Å². The number of thiocarbonyl (C=S) groups is 1. The number of nitrogens with zero attached hydrogens (tertiary/aromatic N) is 2. The fourth-order valence-corrected chi connectivity index (χ4v) is 4.28. The van der Waals surface area contributed by atoms with E-state index in [2.05, 4.69) is 27.6 Å². The molecule has 3 atom stereocenters. The molecule has 3 heterocycles. The summed E-state index contributed by atoms with van der Waals surface area (Å²) in [5.41, 5.74) is 5.72. The van der Waals surface area contributed by atoms with Gasteiger partial charge in [-0.2, -0.15) is 13.2 Å². The standard InChI is InChI=1S/C15H15F3IN3S/c16-15(17,18)8-22-12-1-2-14(22,5-9(3-12)13(20)23)10-4-11(19)7-21-6-10/h1-2,4,6-7,9,12H,3,5,8H2,(H2,20,23). The van der Waals surface area contributed by atoms with Crippen molar-refractivity contribution in [3.05, 3.63) is 39.7 Å². The molecule has 0 saturated carbocycles. The molecular formula is C15H15F3IN3S. The van der Waals surface area contributed by atoms with Crippen LogP contribution in [0.1, 0.15) is 18.4 Å². The zero-order valence-corrected chi connectivity index (χ0v) is 15.0. The smallest absolute Gasteiger partial charge is 0.393 e. The Labute approximate surface area is 151 Å². The first-order chi connectivity index (χ1) is 10.7. The van der Waals surface area contributed by atoms with Gasteiger partial charge in [0.1, 0.15) is 0 Å². The normalized spacial score (nSPS) is 30.6. The van der Waals surface area contributed by atoms with Crippen molar-refractivity contribution >= 4 is 39.8 Å². The zero-order valence-electron chi connectivity index (χ0n) is 12.1. The molecule has 2 bridgehead atoms. The molecule has 0 radical (unpaired) electrons. The van der Waals surface area contributed by atoms with Crippen molar-refractivity contribution in [2.45, 2.75) is 30.6 Å². The van der Waals surface area contributed by atoms with Gasteiger partial charge in [-0.3, -0.25) is 9.88 Å². The van der Waals surface area contributed by atoms with Crippen LogP contribution in [0.2, 0.25) is 0 Å². The fourth-order valence-electron chi connectivity index (χ4n) is 3.60. The van der Waals surface area contributed by atoms with E-state index in [1.165, 1.54) is 4.90 Å². The second-order valence-corrected chi connectivity index (χ2v) is 7.74. The number of piperidine rings is 1. The quantitative estimate of drug-likeness (QED) is 0.433. The van der Waals surface area contributed by atoms with Crippen LogP contribution in [0.3, 0.4) is 0 Å². The number of hydrogen-bond acceptors (Lipinski definition) is 3. The average Bonchev–Trinajstić information content (AvgIpc) is 2.66. The van der Waals surface area contributed by atoms with E-state index < -0.39 is 18.3 Å². The molecule has 2 aliphatic heterocycles. The van der Waals surface area contributed by atoms with Gasteiger partial charge in [-0.05, 0) is 47.1 Å². The Balaban J connectivity index is 2.05. The summed E-state index contributed by atoms with van der Waals surface area (Å²) in [6, 6.07) is 1.57. The van der Waals surface area contributed by atoms with E-state index in [1.54, 1.807) is 12.4 Å². The highest BCUT2D eigenvalue weighted by Crippen LogP contribution is 2.49. The lowest BCUT2D eigenvalue weighted by Crippen LogP contribution is -2.55. The molecule has 0 aliphatic carbocycles. The van der Waals surface area contributed by atoms with Crippen LogP contribution >= 0.6 is 34.8 Å². The fraction of sp³-hybridized carbons (Fsp3) is 0.467. The van der Waals surface area contributed by atoms with Crippen molar-refractivity contribution in [2.24, 2.45) is 11.7 Å². The lowest BCUT2D eigenvalue weighted by atomic mass is 9.77. The summed E-state index contributed by atoms with van der Waals surface area (Å²) in [5.74, 6) is -0.0765. The van der Waals surface area contributed by atoms with Crippen molar-refractivity contribution in [3.8, 4) is 0 Å². The van der Waals surface area contributed by atoms with Gasteiger partial charge in [-0.15, -0.1) is 0 Å². The third-order valence-corrected chi connectivity index (χ3v) is 5.47. The van der Waals surface area contributed by atoms with Crippen molar-refractivity contribution in [2.75, 3.05) is 6.54 Å². The first kappa shape index (κ1) is 17.1. The summed E-state index contributed by atoms with van der Waals surface area (Å²) in [6.07, 6.45) is 3.76.